The third-order valence-electron chi connectivity index (χ3n) is 2.65. The van der Waals surface area contributed by atoms with Crippen molar-refractivity contribution < 1.29 is 4.92 Å². The molecule has 0 bridgehead atoms. The van der Waals surface area contributed by atoms with Crippen LogP contribution >= 0.6 is 12.2 Å². The van der Waals surface area contributed by atoms with E-state index in [1.54, 1.807) is 15.8 Å². The summed E-state index contributed by atoms with van der Waals surface area (Å²) in [5.41, 5.74) is -0.0143. The molecule has 0 saturated carbocycles. The normalized spacial score (nSPS) is 10.7. The van der Waals surface area contributed by atoms with E-state index in [1.165, 1.54) is 6.07 Å². The van der Waals surface area contributed by atoms with Crippen molar-refractivity contribution >= 4 is 42.3 Å². The van der Waals surface area contributed by atoms with Crippen LogP contribution in [0.25, 0.3) is 15.5 Å². The number of benzene rings is 1. The van der Waals surface area contributed by atoms with Gasteiger partial charge in [-0.15, -0.1) is 0 Å². The number of hydrogen-bond acceptors (Lipinski definition) is 4. The molecule has 5 nitrogen and oxygen atoms in total. The van der Waals surface area contributed by atoms with Gasteiger partial charge in [-0.25, -0.2) is 0 Å². The minimum atomic E-state index is -0.427. The third-order valence-corrected chi connectivity index (χ3v) is 5.60. The van der Waals surface area contributed by atoms with Crippen LogP contribution in [0.1, 0.15) is 0 Å². The van der Waals surface area contributed by atoms with Crippen molar-refractivity contribution in [3.8, 4) is 5.82 Å². The molecule has 0 N–H and O–H groups in total. The van der Waals surface area contributed by atoms with Gasteiger partial charge in [0.25, 0.3) is 0 Å². The molecule has 0 saturated heterocycles. The van der Waals surface area contributed by atoms with Crippen molar-refractivity contribution in [3.63, 3.8) is 0 Å². The summed E-state index contributed by atoms with van der Waals surface area (Å²) in [5, 5.41) is 12.0. The number of nitro groups is 1. The van der Waals surface area contributed by atoms with Gasteiger partial charge in [0, 0.05) is 0 Å². The molecule has 0 radical (unpaired) electrons. The first-order valence-electron chi connectivity index (χ1n) is 5.39. The standard InChI is InChI=1S/C12H7N3O2SSe/c16-15(17)9-5-3-7-13-11(9)14-12(18)8-4-1-2-6-10(8)19-14/h1-7H. The second-order valence-corrected chi connectivity index (χ2v) is 6.25. The summed E-state index contributed by atoms with van der Waals surface area (Å²) < 4.78 is 3.50. The fraction of sp³-hybridized carbons (Fsp3) is 0. The summed E-state index contributed by atoms with van der Waals surface area (Å²) in [4.78, 5) is 14.8. The van der Waals surface area contributed by atoms with Crippen LogP contribution in [0.4, 0.5) is 5.69 Å². The van der Waals surface area contributed by atoms with E-state index in [9.17, 15) is 10.1 Å². The Morgan fingerprint density at radius 2 is 2.05 bits per heavy atom. The molecule has 1 aromatic carbocycles. The van der Waals surface area contributed by atoms with Crippen LogP contribution in [0.2, 0.25) is 0 Å². The molecule has 0 spiro atoms. The average molecular weight is 336 g/mol. The summed E-state index contributed by atoms with van der Waals surface area (Å²) in [6, 6.07) is 10.8. The first-order valence-corrected chi connectivity index (χ1v) is 7.42. The van der Waals surface area contributed by atoms with Crippen LogP contribution in [-0.4, -0.2) is 28.2 Å². The molecule has 0 aliphatic carbocycles. The Kier molecular flexibility index (Phi) is 3.02. The van der Waals surface area contributed by atoms with Crippen LogP contribution in [0.3, 0.4) is 0 Å². The van der Waals surface area contributed by atoms with Crippen LogP contribution < -0.4 is 0 Å². The maximum absolute atomic E-state index is 11.1. The molecule has 0 fully saturated rings. The number of pyridine rings is 1. The Balaban J connectivity index is 2.34. The molecule has 7 heteroatoms. The maximum atomic E-state index is 11.1. The van der Waals surface area contributed by atoms with Gasteiger partial charge in [-0.3, -0.25) is 0 Å². The van der Waals surface area contributed by atoms with E-state index in [1.807, 2.05) is 24.3 Å². The number of aromatic nitrogens is 2. The number of fused-ring (bicyclic) bond motifs is 1. The molecule has 2 heterocycles. The van der Waals surface area contributed by atoms with Crippen LogP contribution in [0.5, 0.6) is 0 Å². The first-order chi connectivity index (χ1) is 9.18. The Bertz CT molecular complexity index is 840. The van der Waals surface area contributed by atoms with E-state index in [0.29, 0.717) is 10.5 Å². The minimum absolute atomic E-state index is 0.0143. The molecule has 0 unspecified atom stereocenters. The molecule has 0 aliphatic rings. The summed E-state index contributed by atoms with van der Waals surface area (Å²) in [6.07, 6.45) is 1.55. The van der Waals surface area contributed by atoms with Crippen LogP contribution in [-0.2, 0) is 0 Å². The van der Waals surface area contributed by atoms with E-state index in [-0.39, 0.29) is 20.4 Å². The quantitative estimate of drug-likeness (QED) is 0.312. The molecule has 19 heavy (non-hydrogen) atoms. The van der Waals surface area contributed by atoms with Gasteiger partial charge in [-0.1, -0.05) is 0 Å². The second-order valence-electron chi connectivity index (χ2n) is 3.79. The number of rotatable bonds is 2. The Morgan fingerprint density at radius 1 is 1.26 bits per heavy atom. The molecule has 0 aliphatic heterocycles. The number of hydrogen-bond donors (Lipinski definition) is 0. The monoisotopic (exact) mass is 337 g/mol. The average Bonchev–Trinajstić information content (AvgIpc) is 2.76. The molecule has 94 valence electrons. The van der Waals surface area contributed by atoms with Gasteiger partial charge in [0.15, 0.2) is 0 Å². The van der Waals surface area contributed by atoms with Gasteiger partial charge in [0.05, 0.1) is 0 Å². The SMILES string of the molecule is O=[N+]([O-])c1cccnc1-n1[se]c2ccccc2c1=S. The van der Waals surface area contributed by atoms with Crippen LogP contribution in [0, 0.1) is 14.8 Å². The van der Waals surface area contributed by atoms with Gasteiger partial charge in [-0.2, -0.15) is 0 Å². The molecule has 3 aromatic rings. The Morgan fingerprint density at radius 3 is 2.79 bits per heavy atom. The Hall–Kier alpha value is -1.82. The van der Waals surface area contributed by atoms with E-state index >= 15 is 0 Å². The molecule has 0 atom stereocenters. The Labute approximate surface area is 119 Å². The van der Waals surface area contributed by atoms with Gasteiger partial charge in [-0.05, 0) is 0 Å². The van der Waals surface area contributed by atoms with Crippen molar-refractivity contribution in [3.05, 3.63) is 57.3 Å². The summed E-state index contributed by atoms with van der Waals surface area (Å²) in [6.45, 7) is 0. The zero-order chi connectivity index (χ0) is 13.4. The van der Waals surface area contributed by atoms with Gasteiger partial charge < -0.3 is 0 Å². The molecular formula is C12H7N3O2SSe. The van der Waals surface area contributed by atoms with E-state index < -0.39 is 4.92 Å². The van der Waals surface area contributed by atoms with Gasteiger partial charge in [0.2, 0.25) is 0 Å². The zero-order valence-corrected chi connectivity index (χ0v) is 12.0. The third kappa shape index (κ3) is 2.02. The fourth-order valence-electron chi connectivity index (χ4n) is 1.80. The van der Waals surface area contributed by atoms with E-state index in [0.717, 1.165) is 9.65 Å². The predicted molar refractivity (Wildman–Crippen MR) is 75.5 cm³/mol. The van der Waals surface area contributed by atoms with Crippen molar-refractivity contribution in [1.29, 1.82) is 0 Å². The van der Waals surface area contributed by atoms with Crippen molar-refractivity contribution in [2.45, 2.75) is 0 Å². The predicted octanol–water partition coefficient (Wildman–Crippen LogP) is 2.72. The summed E-state index contributed by atoms with van der Waals surface area (Å²) in [7, 11) is 0. The van der Waals surface area contributed by atoms with Crippen molar-refractivity contribution in [1.82, 2.24) is 8.55 Å². The van der Waals surface area contributed by atoms with Gasteiger partial charge in [0.1, 0.15) is 0 Å². The fourth-order valence-corrected chi connectivity index (χ4v) is 4.52. The molecule has 2 aromatic heterocycles. The molecule has 0 amide bonds. The van der Waals surface area contributed by atoms with Crippen LogP contribution in [0.15, 0.2) is 42.6 Å². The molecular weight excluding hydrogens is 329 g/mol. The summed E-state index contributed by atoms with van der Waals surface area (Å²) in [5.74, 6) is 0.327. The van der Waals surface area contributed by atoms with Crippen molar-refractivity contribution in [2.75, 3.05) is 0 Å². The van der Waals surface area contributed by atoms with Gasteiger partial charge >= 0.3 is 119 Å². The van der Waals surface area contributed by atoms with E-state index in [2.05, 4.69) is 4.98 Å². The van der Waals surface area contributed by atoms with E-state index in [4.69, 9.17) is 12.2 Å². The first kappa shape index (κ1) is 12.2. The zero-order valence-electron chi connectivity index (χ0n) is 9.52. The molecule has 3 rings (SSSR count). The second kappa shape index (κ2) is 4.69. The topological polar surface area (TPSA) is 61.0 Å². The van der Waals surface area contributed by atoms with Crippen molar-refractivity contribution in [2.24, 2.45) is 0 Å². The summed E-state index contributed by atoms with van der Waals surface area (Å²) >= 11 is 5.30. The number of nitrogens with zero attached hydrogens (tertiary/aromatic N) is 3.